The second kappa shape index (κ2) is 6.75. The summed E-state index contributed by atoms with van der Waals surface area (Å²) >= 11 is 0. The van der Waals surface area contributed by atoms with Crippen LogP contribution in [0.15, 0.2) is 24.3 Å². The molecule has 1 unspecified atom stereocenters. The number of benzene rings is 1. The summed E-state index contributed by atoms with van der Waals surface area (Å²) in [6.45, 7) is 2.40. The fraction of sp³-hybridized carbons (Fsp3) is 0.588. The summed E-state index contributed by atoms with van der Waals surface area (Å²) < 4.78 is 18.5. The summed E-state index contributed by atoms with van der Waals surface area (Å²) in [5.41, 5.74) is 1.07. The Bertz CT molecular complexity index is 506. The van der Waals surface area contributed by atoms with E-state index >= 15 is 0 Å². The van der Waals surface area contributed by atoms with E-state index in [1.807, 2.05) is 12.1 Å². The fourth-order valence-electron chi connectivity index (χ4n) is 3.54. The number of carbonyl (C=O) groups is 1. The van der Waals surface area contributed by atoms with Gasteiger partial charge in [0.1, 0.15) is 11.9 Å². The van der Waals surface area contributed by atoms with Gasteiger partial charge in [0, 0.05) is 18.5 Å². The summed E-state index contributed by atoms with van der Waals surface area (Å²) in [5.74, 6) is -0.224. The van der Waals surface area contributed by atoms with Crippen LogP contribution in [0.2, 0.25) is 0 Å². The van der Waals surface area contributed by atoms with E-state index in [0.717, 1.165) is 31.2 Å². The van der Waals surface area contributed by atoms with Gasteiger partial charge >= 0.3 is 0 Å². The van der Waals surface area contributed by atoms with Crippen LogP contribution in [0, 0.1) is 5.82 Å². The van der Waals surface area contributed by atoms with Crippen molar-refractivity contribution in [2.45, 2.75) is 37.1 Å². The largest absolute Gasteiger partial charge is 0.378 e. The first kappa shape index (κ1) is 15.4. The topological polar surface area (TPSA) is 50.4 Å². The number of carbonyl (C=O) groups excluding carboxylic acids is 1. The molecule has 1 atom stereocenters. The molecule has 2 fully saturated rings. The van der Waals surface area contributed by atoms with Crippen molar-refractivity contribution in [2.75, 3.05) is 26.3 Å². The Morgan fingerprint density at radius 3 is 2.68 bits per heavy atom. The molecule has 0 bridgehead atoms. The van der Waals surface area contributed by atoms with Crippen LogP contribution in [0.3, 0.4) is 0 Å². The zero-order valence-electron chi connectivity index (χ0n) is 12.7. The van der Waals surface area contributed by atoms with Gasteiger partial charge in [-0.3, -0.25) is 4.79 Å². The highest BCUT2D eigenvalue weighted by Crippen LogP contribution is 2.40. The van der Waals surface area contributed by atoms with Crippen molar-refractivity contribution in [3.8, 4) is 0 Å². The number of hydrogen-bond acceptors (Lipinski definition) is 3. The van der Waals surface area contributed by atoms with Crippen molar-refractivity contribution in [3.05, 3.63) is 35.6 Å². The quantitative estimate of drug-likeness (QED) is 0.891. The SMILES string of the molecule is O=C(NCC1(c2ccc(F)cc2)CCCC1)C1COCCN1. The molecule has 1 saturated heterocycles. The highest BCUT2D eigenvalue weighted by atomic mass is 19.1. The third-order valence-corrected chi connectivity index (χ3v) is 4.86. The molecule has 120 valence electrons. The van der Waals surface area contributed by atoms with Crippen molar-refractivity contribution >= 4 is 5.91 Å². The van der Waals surface area contributed by atoms with E-state index in [1.54, 1.807) is 0 Å². The first-order valence-corrected chi connectivity index (χ1v) is 8.05. The van der Waals surface area contributed by atoms with Gasteiger partial charge < -0.3 is 15.4 Å². The molecule has 22 heavy (non-hydrogen) atoms. The van der Waals surface area contributed by atoms with Crippen LogP contribution in [0.5, 0.6) is 0 Å². The predicted octanol–water partition coefficient (Wildman–Crippen LogP) is 1.74. The van der Waals surface area contributed by atoms with Crippen LogP contribution in [0.4, 0.5) is 4.39 Å². The number of nitrogens with one attached hydrogen (secondary N) is 2. The first-order valence-electron chi connectivity index (χ1n) is 8.05. The molecular weight excluding hydrogens is 283 g/mol. The number of ether oxygens (including phenoxy) is 1. The molecule has 1 aromatic carbocycles. The minimum absolute atomic E-state index is 0.00640. The molecule has 2 aliphatic rings. The molecule has 1 aliphatic heterocycles. The van der Waals surface area contributed by atoms with E-state index < -0.39 is 0 Å². The van der Waals surface area contributed by atoms with Gasteiger partial charge in [-0.2, -0.15) is 0 Å². The number of rotatable bonds is 4. The molecule has 5 heteroatoms. The molecule has 1 heterocycles. The maximum atomic E-state index is 13.2. The van der Waals surface area contributed by atoms with Crippen LogP contribution in [-0.4, -0.2) is 38.3 Å². The van der Waals surface area contributed by atoms with Crippen LogP contribution in [0.1, 0.15) is 31.2 Å². The van der Waals surface area contributed by atoms with Gasteiger partial charge in [-0.1, -0.05) is 25.0 Å². The van der Waals surface area contributed by atoms with Crippen molar-refractivity contribution in [3.63, 3.8) is 0 Å². The number of amides is 1. The summed E-state index contributed by atoms with van der Waals surface area (Å²) in [5, 5.41) is 6.24. The smallest absolute Gasteiger partial charge is 0.239 e. The van der Waals surface area contributed by atoms with Crippen molar-refractivity contribution in [1.29, 1.82) is 0 Å². The van der Waals surface area contributed by atoms with Gasteiger partial charge in [0.25, 0.3) is 0 Å². The lowest BCUT2D eigenvalue weighted by atomic mass is 9.78. The van der Waals surface area contributed by atoms with Gasteiger partial charge in [-0.25, -0.2) is 4.39 Å². The lowest BCUT2D eigenvalue weighted by Gasteiger charge is -2.31. The second-order valence-electron chi connectivity index (χ2n) is 6.29. The second-order valence-corrected chi connectivity index (χ2v) is 6.29. The van der Waals surface area contributed by atoms with E-state index in [1.165, 1.54) is 12.1 Å². The molecule has 0 spiro atoms. The van der Waals surface area contributed by atoms with E-state index in [0.29, 0.717) is 26.3 Å². The summed E-state index contributed by atoms with van der Waals surface area (Å²) in [4.78, 5) is 12.3. The lowest BCUT2D eigenvalue weighted by Crippen LogP contribution is -2.53. The first-order chi connectivity index (χ1) is 10.7. The van der Waals surface area contributed by atoms with Crippen LogP contribution < -0.4 is 10.6 Å². The Balaban J connectivity index is 1.66. The van der Waals surface area contributed by atoms with Crippen molar-refractivity contribution in [1.82, 2.24) is 10.6 Å². The van der Waals surface area contributed by atoms with E-state index in [4.69, 9.17) is 4.74 Å². The minimum atomic E-state index is -0.263. The van der Waals surface area contributed by atoms with Crippen LogP contribution >= 0.6 is 0 Å². The normalized spacial score (nSPS) is 24.1. The molecule has 2 N–H and O–H groups in total. The molecule has 1 saturated carbocycles. The summed E-state index contributed by atoms with van der Waals surface area (Å²) in [6.07, 6.45) is 4.37. The molecule has 1 amide bonds. The number of hydrogen-bond donors (Lipinski definition) is 2. The maximum absolute atomic E-state index is 13.2. The van der Waals surface area contributed by atoms with Gasteiger partial charge in [0.15, 0.2) is 0 Å². The zero-order valence-corrected chi connectivity index (χ0v) is 12.7. The number of morpholine rings is 1. The van der Waals surface area contributed by atoms with E-state index in [9.17, 15) is 9.18 Å². The maximum Gasteiger partial charge on any atom is 0.239 e. The van der Waals surface area contributed by atoms with Gasteiger partial charge in [-0.05, 0) is 30.5 Å². The highest BCUT2D eigenvalue weighted by Gasteiger charge is 2.36. The summed E-state index contributed by atoms with van der Waals surface area (Å²) in [7, 11) is 0. The molecule has 3 rings (SSSR count). The molecule has 0 radical (unpaired) electrons. The Kier molecular flexibility index (Phi) is 4.74. The van der Waals surface area contributed by atoms with E-state index in [-0.39, 0.29) is 23.2 Å². The molecular formula is C17H23FN2O2. The monoisotopic (exact) mass is 306 g/mol. The van der Waals surface area contributed by atoms with Gasteiger partial charge in [0.2, 0.25) is 5.91 Å². The Labute approximate surface area is 130 Å². The van der Waals surface area contributed by atoms with Crippen molar-refractivity contribution in [2.24, 2.45) is 0 Å². The van der Waals surface area contributed by atoms with E-state index in [2.05, 4.69) is 10.6 Å². The third-order valence-electron chi connectivity index (χ3n) is 4.86. The van der Waals surface area contributed by atoms with Crippen LogP contribution in [0.25, 0.3) is 0 Å². The highest BCUT2D eigenvalue weighted by molar-refractivity contribution is 5.82. The fourth-order valence-corrected chi connectivity index (χ4v) is 3.54. The van der Waals surface area contributed by atoms with Gasteiger partial charge in [0.05, 0.1) is 13.2 Å². The average molecular weight is 306 g/mol. The Morgan fingerprint density at radius 2 is 2.05 bits per heavy atom. The summed E-state index contributed by atoms with van der Waals surface area (Å²) in [6, 6.07) is 6.46. The average Bonchev–Trinajstić information content (AvgIpc) is 3.04. The minimum Gasteiger partial charge on any atom is -0.378 e. The van der Waals surface area contributed by atoms with Gasteiger partial charge in [-0.15, -0.1) is 0 Å². The molecule has 1 aliphatic carbocycles. The Morgan fingerprint density at radius 1 is 1.32 bits per heavy atom. The predicted molar refractivity (Wildman–Crippen MR) is 82.2 cm³/mol. The van der Waals surface area contributed by atoms with Crippen LogP contribution in [-0.2, 0) is 14.9 Å². The third kappa shape index (κ3) is 3.31. The standard InChI is InChI=1S/C17H23FN2O2/c18-14-5-3-13(4-6-14)17(7-1-2-8-17)12-20-16(21)15-11-22-10-9-19-15/h3-6,15,19H,1-2,7-12H2,(H,20,21). The zero-order chi connectivity index (χ0) is 15.4. The molecule has 1 aromatic rings. The van der Waals surface area contributed by atoms with Crippen molar-refractivity contribution < 1.29 is 13.9 Å². The lowest BCUT2D eigenvalue weighted by molar-refractivity contribution is -0.126. The molecule has 4 nitrogen and oxygen atoms in total. The number of halogens is 1. The Hall–Kier alpha value is -1.46. The molecule has 0 aromatic heterocycles.